The third kappa shape index (κ3) is 2.66. The predicted octanol–water partition coefficient (Wildman–Crippen LogP) is 1.16. The molecule has 1 aliphatic rings. The van der Waals surface area contributed by atoms with Crippen LogP contribution in [0.2, 0.25) is 0 Å². The average molecular weight is 318 g/mol. The largest absolute Gasteiger partial charge is 0.378 e. The van der Waals surface area contributed by atoms with Crippen molar-refractivity contribution in [2.24, 2.45) is 0 Å². The number of aromatic nitrogens is 1. The minimum atomic E-state index is 0.0457. The lowest BCUT2D eigenvalue weighted by Crippen LogP contribution is -2.40. The molecule has 1 saturated heterocycles. The molecule has 0 unspecified atom stereocenters. The maximum absolute atomic E-state index is 12.0. The summed E-state index contributed by atoms with van der Waals surface area (Å²) in [5, 5.41) is 0. The molecule has 1 aromatic heterocycles. The van der Waals surface area contributed by atoms with Gasteiger partial charge in [-0.1, -0.05) is 0 Å². The number of halogens is 1. The Balaban J connectivity index is 2.12. The smallest absolute Gasteiger partial charge is 0.255 e. The van der Waals surface area contributed by atoms with Crippen LogP contribution < -0.4 is 0 Å². The van der Waals surface area contributed by atoms with E-state index in [-0.39, 0.29) is 5.91 Å². The van der Waals surface area contributed by atoms with Crippen LogP contribution in [0.15, 0.2) is 18.5 Å². The highest BCUT2D eigenvalue weighted by atomic mass is 127. The predicted molar refractivity (Wildman–Crippen MR) is 63.7 cm³/mol. The number of carbonyl (C=O) groups excluding carboxylic acids is 1. The molecule has 4 nitrogen and oxygen atoms in total. The molecule has 0 aliphatic carbocycles. The summed E-state index contributed by atoms with van der Waals surface area (Å²) in [5.41, 5.74) is 0.656. The van der Waals surface area contributed by atoms with Gasteiger partial charge < -0.3 is 9.64 Å². The highest BCUT2D eigenvalue weighted by Crippen LogP contribution is 2.09. The quantitative estimate of drug-likeness (QED) is 0.730. The zero-order chi connectivity index (χ0) is 10.7. The number of ether oxygens (including phenoxy) is 1. The van der Waals surface area contributed by atoms with E-state index in [1.54, 1.807) is 17.3 Å². The van der Waals surface area contributed by atoms with Crippen LogP contribution >= 0.6 is 22.6 Å². The van der Waals surface area contributed by atoms with Crippen LogP contribution in [0.3, 0.4) is 0 Å². The number of nitrogens with zero attached hydrogens (tertiary/aromatic N) is 2. The number of carbonyl (C=O) groups is 1. The zero-order valence-corrected chi connectivity index (χ0v) is 10.3. The summed E-state index contributed by atoms with van der Waals surface area (Å²) in [4.78, 5) is 17.8. The molecular formula is C10H11IN2O2. The Bertz CT molecular complexity index is 364. The van der Waals surface area contributed by atoms with Crippen molar-refractivity contribution < 1.29 is 9.53 Å². The molecular weight excluding hydrogens is 307 g/mol. The lowest BCUT2D eigenvalue weighted by atomic mass is 10.2. The number of hydrogen-bond donors (Lipinski definition) is 0. The number of amides is 1. The van der Waals surface area contributed by atoms with Gasteiger partial charge in [-0.25, -0.2) is 0 Å². The molecule has 1 fully saturated rings. The highest BCUT2D eigenvalue weighted by Gasteiger charge is 2.18. The Labute approximate surface area is 102 Å². The Morgan fingerprint density at radius 2 is 2.13 bits per heavy atom. The summed E-state index contributed by atoms with van der Waals surface area (Å²) in [6.07, 6.45) is 3.34. The first-order valence-corrected chi connectivity index (χ1v) is 5.83. The normalized spacial score (nSPS) is 16.5. The number of morpholine rings is 1. The third-order valence-corrected chi connectivity index (χ3v) is 2.84. The van der Waals surface area contributed by atoms with Crippen molar-refractivity contribution in [3.05, 3.63) is 27.6 Å². The van der Waals surface area contributed by atoms with Gasteiger partial charge in [-0.05, 0) is 28.7 Å². The highest BCUT2D eigenvalue weighted by molar-refractivity contribution is 14.1. The topological polar surface area (TPSA) is 42.4 Å². The van der Waals surface area contributed by atoms with Gasteiger partial charge in [0.15, 0.2) is 0 Å². The summed E-state index contributed by atoms with van der Waals surface area (Å²) in [6.45, 7) is 2.60. The molecule has 80 valence electrons. The van der Waals surface area contributed by atoms with Crippen LogP contribution in [0.25, 0.3) is 0 Å². The van der Waals surface area contributed by atoms with E-state index in [0.717, 1.165) is 3.57 Å². The molecule has 15 heavy (non-hydrogen) atoms. The number of pyridine rings is 1. The van der Waals surface area contributed by atoms with Crippen LogP contribution in [0, 0.1) is 3.57 Å². The standard InChI is InChI=1S/C10H11IN2O2/c11-9-5-8(6-12-7-9)10(14)13-1-3-15-4-2-13/h5-7H,1-4H2. The second-order valence-corrected chi connectivity index (χ2v) is 4.54. The molecule has 0 bridgehead atoms. The van der Waals surface area contributed by atoms with Gasteiger partial charge in [0.1, 0.15) is 0 Å². The van der Waals surface area contributed by atoms with Gasteiger partial charge in [0.05, 0.1) is 18.8 Å². The third-order valence-electron chi connectivity index (χ3n) is 2.25. The summed E-state index contributed by atoms with van der Waals surface area (Å²) >= 11 is 2.15. The van der Waals surface area contributed by atoms with Gasteiger partial charge in [0, 0.05) is 29.1 Å². The SMILES string of the molecule is O=C(c1cncc(I)c1)N1CCOCC1. The molecule has 1 aliphatic heterocycles. The van der Waals surface area contributed by atoms with Gasteiger partial charge in [-0.2, -0.15) is 0 Å². The molecule has 0 radical (unpaired) electrons. The molecule has 0 aromatic carbocycles. The first-order valence-electron chi connectivity index (χ1n) is 4.75. The molecule has 0 N–H and O–H groups in total. The van der Waals surface area contributed by atoms with E-state index in [0.29, 0.717) is 31.9 Å². The van der Waals surface area contributed by atoms with E-state index in [1.807, 2.05) is 6.07 Å². The fourth-order valence-electron chi connectivity index (χ4n) is 1.48. The van der Waals surface area contributed by atoms with E-state index in [4.69, 9.17) is 4.74 Å². The van der Waals surface area contributed by atoms with Crippen molar-refractivity contribution in [3.8, 4) is 0 Å². The second kappa shape index (κ2) is 4.89. The van der Waals surface area contributed by atoms with Crippen molar-refractivity contribution in [2.45, 2.75) is 0 Å². The van der Waals surface area contributed by atoms with E-state index < -0.39 is 0 Å². The molecule has 2 rings (SSSR count). The Kier molecular flexibility index (Phi) is 3.53. The molecule has 2 heterocycles. The fourth-order valence-corrected chi connectivity index (χ4v) is 1.97. The Morgan fingerprint density at radius 3 is 2.80 bits per heavy atom. The second-order valence-electron chi connectivity index (χ2n) is 3.30. The van der Waals surface area contributed by atoms with Crippen LogP contribution in [0.5, 0.6) is 0 Å². The number of rotatable bonds is 1. The average Bonchev–Trinajstić information content (AvgIpc) is 2.29. The van der Waals surface area contributed by atoms with Crippen LogP contribution in [-0.4, -0.2) is 42.1 Å². The molecule has 0 atom stereocenters. The van der Waals surface area contributed by atoms with Crippen molar-refractivity contribution >= 4 is 28.5 Å². The summed E-state index contributed by atoms with van der Waals surface area (Å²) < 4.78 is 6.18. The minimum Gasteiger partial charge on any atom is -0.378 e. The Morgan fingerprint density at radius 1 is 1.40 bits per heavy atom. The lowest BCUT2D eigenvalue weighted by Gasteiger charge is -2.26. The molecule has 1 amide bonds. The van der Waals surface area contributed by atoms with E-state index >= 15 is 0 Å². The van der Waals surface area contributed by atoms with Gasteiger partial charge in [0.2, 0.25) is 0 Å². The van der Waals surface area contributed by atoms with E-state index in [1.165, 1.54) is 0 Å². The van der Waals surface area contributed by atoms with Crippen molar-refractivity contribution in [2.75, 3.05) is 26.3 Å². The van der Waals surface area contributed by atoms with Crippen LogP contribution in [-0.2, 0) is 4.74 Å². The Hall–Kier alpha value is -0.690. The zero-order valence-electron chi connectivity index (χ0n) is 8.15. The van der Waals surface area contributed by atoms with Crippen molar-refractivity contribution in [1.29, 1.82) is 0 Å². The van der Waals surface area contributed by atoms with E-state index in [2.05, 4.69) is 27.6 Å². The fraction of sp³-hybridized carbons (Fsp3) is 0.400. The molecule has 5 heteroatoms. The maximum atomic E-state index is 12.0. The number of hydrogen-bond acceptors (Lipinski definition) is 3. The summed E-state index contributed by atoms with van der Waals surface area (Å²) in [5.74, 6) is 0.0457. The first-order chi connectivity index (χ1) is 7.27. The van der Waals surface area contributed by atoms with Crippen LogP contribution in [0.4, 0.5) is 0 Å². The minimum absolute atomic E-state index is 0.0457. The van der Waals surface area contributed by atoms with E-state index in [9.17, 15) is 4.79 Å². The van der Waals surface area contributed by atoms with Crippen molar-refractivity contribution in [3.63, 3.8) is 0 Å². The van der Waals surface area contributed by atoms with Gasteiger partial charge >= 0.3 is 0 Å². The van der Waals surface area contributed by atoms with Gasteiger partial charge in [0.25, 0.3) is 5.91 Å². The summed E-state index contributed by atoms with van der Waals surface area (Å²) in [6, 6.07) is 1.85. The first kappa shape index (κ1) is 10.8. The molecule has 0 saturated carbocycles. The van der Waals surface area contributed by atoms with Crippen molar-refractivity contribution in [1.82, 2.24) is 9.88 Å². The van der Waals surface area contributed by atoms with Gasteiger partial charge in [-0.15, -0.1) is 0 Å². The van der Waals surface area contributed by atoms with Gasteiger partial charge in [-0.3, -0.25) is 9.78 Å². The lowest BCUT2D eigenvalue weighted by molar-refractivity contribution is 0.0302. The monoisotopic (exact) mass is 318 g/mol. The maximum Gasteiger partial charge on any atom is 0.255 e. The summed E-state index contributed by atoms with van der Waals surface area (Å²) in [7, 11) is 0. The molecule has 1 aromatic rings. The van der Waals surface area contributed by atoms with Crippen LogP contribution in [0.1, 0.15) is 10.4 Å². The molecule has 0 spiro atoms.